The maximum Gasteiger partial charge on any atom is 0.416 e. The Hall–Kier alpha value is -2.83. The van der Waals surface area contributed by atoms with Crippen LogP contribution >= 0.6 is 0 Å². The Morgan fingerprint density at radius 3 is 2.52 bits per heavy atom. The first-order valence-corrected chi connectivity index (χ1v) is 9.79. The van der Waals surface area contributed by atoms with Gasteiger partial charge in [-0.2, -0.15) is 13.2 Å². The van der Waals surface area contributed by atoms with Gasteiger partial charge in [-0.1, -0.05) is 18.2 Å². The van der Waals surface area contributed by atoms with Gasteiger partial charge >= 0.3 is 6.18 Å². The van der Waals surface area contributed by atoms with E-state index in [1.165, 1.54) is 12.1 Å². The highest BCUT2D eigenvalue weighted by Crippen LogP contribution is 2.49. The van der Waals surface area contributed by atoms with Crippen LogP contribution in [-0.4, -0.2) is 33.9 Å². The normalized spacial score (nSPS) is 24.2. The minimum atomic E-state index is -4.33. The lowest BCUT2D eigenvalue weighted by atomic mass is 9.91. The van der Waals surface area contributed by atoms with E-state index >= 15 is 0 Å². The molecule has 2 fully saturated rings. The largest absolute Gasteiger partial charge is 0.416 e. The first-order chi connectivity index (χ1) is 13.9. The van der Waals surface area contributed by atoms with Gasteiger partial charge in [0.1, 0.15) is 5.65 Å². The molecule has 3 heterocycles. The van der Waals surface area contributed by atoms with Crippen molar-refractivity contribution in [3.05, 3.63) is 65.5 Å². The standard InChI is InChI=1S/C22H20F3N3O/c23-22(24,25)19-6-2-1-4-16(19)13-8-14-11-28(12-15(14)9-13)21(29)18-10-27-20-17(18)5-3-7-26-20/h1-7,10,13-15H,8-9,11-12H2,(H,26,27)/t13-,14-,15+. The molecule has 0 spiro atoms. The van der Waals surface area contributed by atoms with Gasteiger partial charge in [0.05, 0.1) is 11.1 Å². The minimum Gasteiger partial charge on any atom is -0.345 e. The molecule has 1 aliphatic heterocycles. The molecule has 3 aromatic rings. The molecule has 0 radical (unpaired) electrons. The molecule has 1 saturated carbocycles. The number of hydrogen-bond donors (Lipinski definition) is 1. The van der Waals surface area contributed by atoms with Crippen LogP contribution in [0.4, 0.5) is 13.2 Å². The summed E-state index contributed by atoms with van der Waals surface area (Å²) in [4.78, 5) is 22.1. The summed E-state index contributed by atoms with van der Waals surface area (Å²) in [5.41, 5.74) is 1.16. The Bertz CT molecular complexity index is 1060. The molecule has 150 valence electrons. The Morgan fingerprint density at radius 2 is 1.79 bits per heavy atom. The lowest BCUT2D eigenvalue weighted by molar-refractivity contribution is -0.138. The van der Waals surface area contributed by atoms with Crippen molar-refractivity contribution in [2.24, 2.45) is 11.8 Å². The summed E-state index contributed by atoms with van der Waals surface area (Å²) < 4.78 is 40.2. The number of fused-ring (bicyclic) bond motifs is 2. The van der Waals surface area contributed by atoms with Gasteiger partial charge < -0.3 is 9.88 Å². The third-order valence-electron chi connectivity index (χ3n) is 6.43. The van der Waals surface area contributed by atoms with Crippen LogP contribution < -0.4 is 0 Å². The number of carbonyl (C=O) groups is 1. The maximum absolute atomic E-state index is 13.4. The molecule has 0 unspecified atom stereocenters. The first kappa shape index (κ1) is 18.2. The van der Waals surface area contributed by atoms with Crippen molar-refractivity contribution in [2.75, 3.05) is 13.1 Å². The maximum atomic E-state index is 13.4. The highest BCUT2D eigenvalue weighted by atomic mass is 19.4. The monoisotopic (exact) mass is 399 g/mol. The Morgan fingerprint density at radius 1 is 1.07 bits per heavy atom. The van der Waals surface area contributed by atoms with Crippen LogP contribution in [0.15, 0.2) is 48.8 Å². The summed E-state index contributed by atoms with van der Waals surface area (Å²) in [5, 5.41) is 0.798. The summed E-state index contributed by atoms with van der Waals surface area (Å²) in [5.74, 6) is 0.352. The number of likely N-dealkylation sites (tertiary alicyclic amines) is 1. The van der Waals surface area contributed by atoms with Crippen molar-refractivity contribution < 1.29 is 18.0 Å². The van der Waals surface area contributed by atoms with E-state index in [1.54, 1.807) is 30.6 Å². The number of aromatic nitrogens is 2. The van der Waals surface area contributed by atoms with Crippen LogP contribution in [0.1, 0.15) is 40.2 Å². The highest BCUT2D eigenvalue weighted by Gasteiger charge is 2.45. The molecule has 4 nitrogen and oxygen atoms in total. The topological polar surface area (TPSA) is 49.0 Å². The molecule has 29 heavy (non-hydrogen) atoms. The van der Waals surface area contributed by atoms with E-state index in [1.807, 2.05) is 11.0 Å². The molecular formula is C22H20F3N3O. The molecule has 7 heteroatoms. The number of alkyl halides is 3. The van der Waals surface area contributed by atoms with Gasteiger partial charge in [-0.25, -0.2) is 4.98 Å². The predicted octanol–water partition coefficient (Wildman–Crippen LogP) is 4.85. The van der Waals surface area contributed by atoms with Gasteiger partial charge in [-0.15, -0.1) is 0 Å². The number of carbonyl (C=O) groups excluding carboxylic acids is 1. The number of rotatable bonds is 2. The molecule has 1 saturated heterocycles. The quantitative estimate of drug-likeness (QED) is 0.670. The van der Waals surface area contributed by atoms with Gasteiger partial charge in [-0.05, 0) is 54.4 Å². The fourth-order valence-corrected chi connectivity index (χ4v) is 5.13. The number of halogens is 3. The number of H-pyrrole nitrogens is 1. The molecule has 0 bridgehead atoms. The minimum absolute atomic E-state index is 0.0362. The SMILES string of the molecule is O=C(c1c[nH]c2ncccc12)N1C[C@H]2C[C@@H](c3ccccc3C(F)(F)F)C[C@H]2C1. The molecule has 3 atom stereocenters. The third-order valence-corrected chi connectivity index (χ3v) is 6.43. The van der Waals surface area contributed by atoms with Crippen molar-refractivity contribution in [1.82, 2.24) is 14.9 Å². The second-order valence-electron chi connectivity index (χ2n) is 8.09. The van der Waals surface area contributed by atoms with Crippen molar-refractivity contribution in [3.63, 3.8) is 0 Å². The summed E-state index contributed by atoms with van der Waals surface area (Å²) in [6.45, 7) is 1.20. The second kappa shape index (κ2) is 6.61. The summed E-state index contributed by atoms with van der Waals surface area (Å²) in [7, 11) is 0. The summed E-state index contributed by atoms with van der Waals surface area (Å²) in [6.07, 6.45) is 0.413. The number of hydrogen-bond acceptors (Lipinski definition) is 2. The lowest BCUT2D eigenvalue weighted by Crippen LogP contribution is -2.29. The van der Waals surface area contributed by atoms with E-state index < -0.39 is 11.7 Å². The molecule has 5 rings (SSSR count). The lowest BCUT2D eigenvalue weighted by Gasteiger charge is -2.21. The Balaban J connectivity index is 1.33. The Labute approximate surface area is 165 Å². The third kappa shape index (κ3) is 3.09. The van der Waals surface area contributed by atoms with Gasteiger partial charge in [0.15, 0.2) is 0 Å². The summed E-state index contributed by atoms with van der Waals surface area (Å²) in [6, 6.07) is 9.57. The summed E-state index contributed by atoms with van der Waals surface area (Å²) >= 11 is 0. The van der Waals surface area contributed by atoms with Crippen molar-refractivity contribution in [3.8, 4) is 0 Å². The van der Waals surface area contributed by atoms with Gasteiger partial charge in [0.25, 0.3) is 5.91 Å². The fourth-order valence-electron chi connectivity index (χ4n) is 5.13. The van der Waals surface area contributed by atoms with E-state index in [9.17, 15) is 18.0 Å². The van der Waals surface area contributed by atoms with E-state index in [2.05, 4.69) is 9.97 Å². The van der Waals surface area contributed by atoms with Crippen LogP contribution in [0.25, 0.3) is 11.0 Å². The van der Waals surface area contributed by atoms with Gasteiger partial charge in [-0.3, -0.25) is 4.79 Å². The molecule has 1 aromatic carbocycles. The smallest absolute Gasteiger partial charge is 0.345 e. The zero-order chi connectivity index (χ0) is 20.2. The molecule has 2 aliphatic rings. The van der Waals surface area contributed by atoms with Crippen LogP contribution in [0.5, 0.6) is 0 Å². The van der Waals surface area contributed by atoms with Crippen molar-refractivity contribution >= 4 is 16.9 Å². The number of nitrogens with zero attached hydrogens (tertiary/aromatic N) is 2. The number of nitrogens with one attached hydrogen (secondary N) is 1. The second-order valence-corrected chi connectivity index (χ2v) is 8.09. The predicted molar refractivity (Wildman–Crippen MR) is 102 cm³/mol. The van der Waals surface area contributed by atoms with E-state index in [4.69, 9.17) is 0 Å². The molecular weight excluding hydrogens is 379 g/mol. The van der Waals surface area contributed by atoms with Crippen LogP contribution in [-0.2, 0) is 6.18 Å². The average Bonchev–Trinajstić information content (AvgIpc) is 3.39. The number of amides is 1. The zero-order valence-corrected chi connectivity index (χ0v) is 15.6. The molecule has 2 aromatic heterocycles. The van der Waals surface area contributed by atoms with Crippen LogP contribution in [0, 0.1) is 11.8 Å². The number of pyridine rings is 1. The van der Waals surface area contributed by atoms with E-state index in [0.29, 0.717) is 42.7 Å². The van der Waals surface area contributed by atoms with Crippen LogP contribution in [0.2, 0.25) is 0 Å². The van der Waals surface area contributed by atoms with E-state index in [0.717, 1.165) is 5.39 Å². The average molecular weight is 399 g/mol. The number of aromatic amines is 1. The molecule has 1 aliphatic carbocycles. The fraction of sp³-hybridized carbons (Fsp3) is 0.364. The van der Waals surface area contributed by atoms with Gasteiger partial charge in [0, 0.05) is 30.9 Å². The highest BCUT2D eigenvalue weighted by molar-refractivity contribution is 6.06. The van der Waals surface area contributed by atoms with Crippen molar-refractivity contribution in [1.29, 1.82) is 0 Å². The number of benzene rings is 1. The van der Waals surface area contributed by atoms with E-state index in [-0.39, 0.29) is 23.7 Å². The first-order valence-electron chi connectivity index (χ1n) is 9.79. The molecule has 1 amide bonds. The van der Waals surface area contributed by atoms with Crippen molar-refractivity contribution in [2.45, 2.75) is 24.9 Å². The van der Waals surface area contributed by atoms with Crippen LogP contribution in [0.3, 0.4) is 0 Å². The molecule has 1 N–H and O–H groups in total. The van der Waals surface area contributed by atoms with Gasteiger partial charge in [0.2, 0.25) is 0 Å². The zero-order valence-electron chi connectivity index (χ0n) is 15.6. The Kier molecular flexibility index (Phi) is 4.15.